The zero-order valence-electron chi connectivity index (χ0n) is 21.8. The topological polar surface area (TPSA) is 43.0 Å². The number of nitrogens with zero attached hydrogens (tertiary/aromatic N) is 1. The average molecular weight is 487 g/mol. The molecule has 4 bridgehead atoms. The molecule has 4 aliphatic carbocycles. The molecule has 4 fully saturated rings. The Kier molecular flexibility index (Phi) is 5.12. The van der Waals surface area contributed by atoms with Crippen LogP contribution in [0.4, 0.5) is 0 Å². The van der Waals surface area contributed by atoms with E-state index < -0.39 is 0 Å². The largest absolute Gasteiger partial charge is 0.493 e. The molecule has 2 spiro atoms. The Balaban J connectivity index is 1.24. The third kappa shape index (κ3) is 2.72. The van der Waals surface area contributed by atoms with Crippen LogP contribution in [0.3, 0.4) is 0 Å². The van der Waals surface area contributed by atoms with Gasteiger partial charge in [0.25, 0.3) is 0 Å². The number of methoxy groups -OCH3 is 2. The minimum absolute atomic E-state index is 0.0274. The van der Waals surface area contributed by atoms with Gasteiger partial charge in [-0.05, 0) is 62.9 Å². The van der Waals surface area contributed by atoms with Gasteiger partial charge in [-0.2, -0.15) is 0 Å². The molecule has 2 aliphatic heterocycles. The number of fused-ring (bicyclic) bond motifs is 2. The molecule has 0 aromatic heterocycles. The van der Waals surface area contributed by atoms with Crippen molar-refractivity contribution in [1.82, 2.24) is 10.2 Å². The first kappa shape index (κ1) is 22.8. The van der Waals surface area contributed by atoms with Crippen molar-refractivity contribution in [2.24, 2.45) is 11.3 Å². The lowest BCUT2D eigenvalue weighted by Gasteiger charge is -2.73. The summed E-state index contributed by atoms with van der Waals surface area (Å²) in [6.45, 7) is 2.92. The van der Waals surface area contributed by atoms with E-state index in [2.05, 4.69) is 71.9 Å². The minimum Gasteiger partial charge on any atom is -0.493 e. The van der Waals surface area contributed by atoms with Crippen molar-refractivity contribution in [2.75, 3.05) is 40.9 Å². The highest BCUT2D eigenvalue weighted by Gasteiger charge is 2.80. The van der Waals surface area contributed by atoms with Crippen molar-refractivity contribution >= 4 is 6.08 Å². The van der Waals surface area contributed by atoms with Crippen LogP contribution in [0.5, 0.6) is 11.5 Å². The van der Waals surface area contributed by atoms with Crippen LogP contribution >= 0.6 is 0 Å². The van der Waals surface area contributed by atoms with Gasteiger partial charge in [0.1, 0.15) is 11.7 Å². The van der Waals surface area contributed by atoms with Crippen LogP contribution in [0, 0.1) is 11.3 Å². The molecule has 2 aromatic carbocycles. The van der Waals surface area contributed by atoms with E-state index in [-0.39, 0.29) is 22.5 Å². The van der Waals surface area contributed by atoms with E-state index in [1.807, 2.05) is 7.11 Å². The summed E-state index contributed by atoms with van der Waals surface area (Å²) >= 11 is 0. The molecule has 0 radical (unpaired) electrons. The Labute approximate surface area is 214 Å². The van der Waals surface area contributed by atoms with Crippen LogP contribution in [-0.4, -0.2) is 63.5 Å². The van der Waals surface area contributed by atoms with E-state index >= 15 is 0 Å². The van der Waals surface area contributed by atoms with E-state index in [1.54, 1.807) is 7.11 Å². The van der Waals surface area contributed by atoms with Crippen molar-refractivity contribution in [3.8, 4) is 11.5 Å². The third-order valence-electron chi connectivity index (χ3n) is 10.7. The Morgan fingerprint density at radius 2 is 1.97 bits per heavy atom. The first-order valence-corrected chi connectivity index (χ1v) is 13.6. The van der Waals surface area contributed by atoms with Gasteiger partial charge < -0.3 is 24.4 Å². The maximum absolute atomic E-state index is 7.06. The zero-order chi connectivity index (χ0) is 24.5. The number of likely N-dealkylation sites (tertiary alicyclic amines) is 1. The fraction of sp³-hybridized carbons (Fsp3) is 0.548. The summed E-state index contributed by atoms with van der Waals surface area (Å²) in [5.74, 6) is 2.31. The average Bonchev–Trinajstić information content (AvgIpc) is 3.28. The fourth-order valence-electron chi connectivity index (χ4n) is 9.32. The van der Waals surface area contributed by atoms with Gasteiger partial charge in [0.05, 0.1) is 7.11 Å². The second-order valence-corrected chi connectivity index (χ2v) is 11.7. The van der Waals surface area contributed by atoms with Gasteiger partial charge in [0, 0.05) is 48.6 Å². The van der Waals surface area contributed by atoms with Gasteiger partial charge in [-0.3, -0.25) is 0 Å². The molecule has 36 heavy (non-hydrogen) atoms. The van der Waals surface area contributed by atoms with Crippen molar-refractivity contribution in [3.05, 3.63) is 65.2 Å². The van der Waals surface area contributed by atoms with E-state index in [0.717, 1.165) is 50.4 Å². The second kappa shape index (κ2) is 8.08. The molecule has 1 N–H and O–H groups in total. The maximum atomic E-state index is 7.06. The molecule has 5 heteroatoms. The molecule has 6 atom stereocenters. The Hall–Kier alpha value is -2.34. The highest BCUT2D eigenvalue weighted by Crippen LogP contribution is 2.76. The Morgan fingerprint density at radius 1 is 1.11 bits per heavy atom. The van der Waals surface area contributed by atoms with Gasteiger partial charge in [-0.1, -0.05) is 48.6 Å². The second-order valence-electron chi connectivity index (χ2n) is 11.7. The lowest BCUT2D eigenvalue weighted by Crippen LogP contribution is -2.81. The van der Waals surface area contributed by atoms with Crippen LogP contribution in [0.25, 0.3) is 6.08 Å². The highest BCUT2D eigenvalue weighted by molar-refractivity contribution is 5.63. The molecule has 0 unspecified atom stereocenters. The van der Waals surface area contributed by atoms with Crippen molar-refractivity contribution in [2.45, 2.75) is 55.3 Å². The highest BCUT2D eigenvalue weighted by atomic mass is 16.6. The molecule has 2 heterocycles. The van der Waals surface area contributed by atoms with Gasteiger partial charge in [0.15, 0.2) is 11.5 Å². The van der Waals surface area contributed by atoms with E-state index in [1.165, 1.54) is 29.5 Å². The number of piperidine rings is 1. The van der Waals surface area contributed by atoms with Gasteiger partial charge >= 0.3 is 0 Å². The predicted octanol–water partition coefficient (Wildman–Crippen LogP) is 4.44. The molecule has 0 amide bonds. The first-order chi connectivity index (χ1) is 17.6. The SMILES string of the molecule is COc1ccc2c3c1O[C@H]1[C@@]4(OC)CC[C@@]5(C[C@@H]4CNC/C=C/c4ccccc4)[C@@H](C2)N(C)CC[C@]315. The molecular weight excluding hydrogens is 448 g/mol. The van der Waals surface area contributed by atoms with Gasteiger partial charge in [-0.15, -0.1) is 0 Å². The smallest absolute Gasteiger partial charge is 0.165 e. The maximum Gasteiger partial charge on any atom is 0.165 e. The normalized spacial score (nSPS) is 37.7. The third-order valence-corrected chi connectivity index (χ3v) is 10.7. The minimum atomic E-state index is -0.281. The molecule has 6 aliphatic rings. The predicted molar refractivity (Wildman–Crippen MR) is 142 cm³/mol. The molecule has 5 nitrogen and oxygen atoms in total. The molecule has 3 saturated carbocycles. The molecular formula is C31H38N2O3. The van der Waals surface area contributed by atoms with Crippen LogP contribution in [0.2, 0.25) is 0 Å². The fourth-order valence-corrected chi connectivity index (χ4v) is 9.32. The van der Waals surface area contributed by atoms with Crippen molar-refractivity contribution in [1.29, 1.82) is 0 Å². The van der Waals surface area contributed by atoms with E-state index in [4.69, 9.17) is 14.2 Å². The number of hydrogen-bond acceptors (Lipinski definition) is 5. The van der Waals surface area contributed by atoms with Gasteiger partial charge in [0.2, 0.25) is 0 Å². The summed E-state index contributed by atoms with van der Waals surface area (Å²) in [5, 5.41) is 3.76. The summed E-state index contributed by atoms with van der Waals surface area (Å²) in [5.41, 5.74) is 4.15. The van der Waals surface area contributed by atoms with Crippen LogP contribution < -0.4 is 14.8 Å². The number of likely N-dealkylation sites (N-methyl/N-ethyl adjacent to an activating group) is 1. The number of benzene rings is 2. The lowest BCUT2D eigenvalue weighted by molar-refractivity contribution is -0.274. The summed E-state index contributed by atoms with van der Waals surface area (Å²) in [4.78, 5) is 2.66. The summed E-state index contributed by atoms with van der Waals surface area (Å²) < 4.78 is 19.5. The molecule has 2 aromatic rings. The first-order valence-electron chi connectivity index (χ1n) is 13.6. The van der Waals surface area contributed by atoms with Crippen LogP contribution in [0.15, 0.2) is 48.5 Å². The number of nitrogens with one attached hydrogen (secondary N) is 1. The lowest BCUT2D eigenvalue weighted by atomic mass is 9.35. The van der Waals surface area contributed by atoms with Crippen LogP contribution in [0.1, 0.15) is 42.4 Å². The number of hydrogen-bond donors (Lipinski definition) is 1. The van der Waals surface area contributed by atoms with Crippen molar-refractivity contribution in [3.63, 3.8) is 0 Å². The molecule has 190 valence electrons. The van der Waals surface area contributed by atoms with Crippen molar-refractivity contribution < 1.29 is 14.2 Å². The number of rotatable bonds is 7. The van der Waals surface area contributed by atoms with Gasteiger partial charge in [-0.25, -0.2) is 0 Å². The Morgan fingerprint density at radius 3 is 2.78 bits per heavy atom. The standard InChI is InChI=1S/C31H38N2O3/c1-33-17-15-30-26-22-11-12-24(34-2)27(26)36-28(30)31(35-3)14-13-29(30,25(33)18-22)19-23(31)20-32-16-7-10-21-8-5-4-6-9-21/h4-12,23,25,28,32H,13-20H2,1-3H3/b10-7+/t23-,25-,28-,29-,30+,31-/m1/s1. The van der Waals surface area contributed by atoms with Crippen LogP contribution in [-0.2, 0) is 16.6 Å². The quantitative estimate of drug-likeness (QED) is 0.586. The van der Waals surface area contributed by atoms with E-state index in [9.17, 15) is 0 Å². The monoisotopic (exact) mass is 486 g/mol. The number of ether oxygens (including phenoxy) is 3. The molecule has 8 rings (SSSR count). The zero-order valence-corrected chi connectivity index (χ0v) is 21.8. The Bertz CT molecular complexity index is 1200. The van der Waals surface area contributed by atoms with E-state index in [0.29, 0.717) is 12.0 Å². The summed E-state index contributed by atoms with van der Waals surface area (Å²) in [6, 6.07) is 15.5. The molecule has 1 saturated heterocycles. The summed E-state index contributed by atoms with van der Waals surface area (Å²) in [6.07, 6.45) is 10.2. The summed E-state index contributed by atoms with van der Waals surface area (Å²) in [7, 11) is 6.05.